The standard InChI is InChI=1S/C20H21N3O2S2/c1-12(2)27-15-7-3-13(4-8-15)11-17(24)21-16-9-10-26-18(16)20-22-19(23-25-20)14-5-6-14/h3-4,7-10,12,14H,5-6,11H2,1-2H3,(H,21,24). The van der Waals surface area contributed by atoms with Crippen molar-refractivity contribution in [2.75, 3.05) is 5.32 Å². The predicted molar refractivity (Wildman–Crippen MR) is 109 cm³/mol. The van der Waals surface area contributed by atoms with Crippen LogP contribution in [0.2, 0.25) is 0 Å². The third kappa shape index (κ3) is 4.59. The molecule has 1 amide bonds. The molecule has 0 unspecified atom stereocenters. The van der Waals surface area contributed by atoms with E-state index in [-0.39, 0.29) is 5.91 Å². The molecule has 4 rings (SSSR count). The first-order valence-electron chi connectivity index (χ1n) is 9.05. The molecule has 0 aliphatic heterocycles. The summed E-state index contributed by atoms with van der Waals surface area (Å²) in [5.41, 5.74) is 1.72. The van der Waals surface area contributed by atoms with Gasteiger partial charge in [0, 0.05) is 16.1 Å². The van der Waals surface area contributed by atoms with Crippen molar-refractivity contribution in [2.45, 2.75) is 49.2 Å². The van der Waals surface area contributed by atoms with E-state index in [9.17, 15) is 4.79 Å². The van der Waals surface area contributed by atoms with Gasteiger partial charge in [0.2, 0.25) is 5.91 Å². The number of carbonyl (C=O) groups is 1. The number of thioether (sulfide) groups is 1. The van der Waals surface area contributed by atoms with Crippen molar-refractivity contribution in [1.29, 1.82) is 0 Å². The fraction of sp³-hybridized carbons (Fsp3) is 0.350. The van der Waals surface area contributed by atoms with Crippen molar-refractivity contribution in [2.24, 2.45) is 0 Å². The van der Waals surface area contributed by atoms with E-state index in [0.717, 1.165) is 34.8 Å². The summed E-state index contributed by atoms with van der Waals surface area (Å²) in [7, 11) is 0. The van der Waals surface area contributed by atoms with Crippen LogP contribution < -0.4 is 5.32 Å². The number of anilines is 1. The lowest BCUT2D eigenvalue weighted by molar-refractivity contribution is -0.115. The summed E-state index contributed by atoms with van der Waals surface area (Å²) < 4.78 is 5.39. The number of hydrogen-bond acceptors (Lipinski definition) is 6. The predicted octanol–water partition coefficient (Wildman–Crippen LogP) is 5.36. The van der Waals surface area contributed by atoms with Crippen LogP contribution in [-0.2, 0) is 11.2 Å². The van der Waals surface area contributed by atoms with Crippen molar-refractivity contribution >= 4 is 34.7 Å². The Labute approximate surface area is 166 Å². The van der Waals surface area contributed by atoms with Gasteiger partial charge in [0.05, 0.1) is 12.1 Å². The molecule has 140 valence electrons. The number of carbonyl (C=O) groups excluding carboxylic acids is 1. The van der Waals surface area contributed by atoms with Gasteiger partial charge in [-0.05, 0) is 42.0 Å². The molecule has 0 atom stereocenters. The van der Waals surface area contributed by atoms with E-state index in [4.69, 9.17) is 4.52 Å². The molecule has 0 bridgehead atoms. The molecule has 5 nitrogen and oxygen atoms in total. The molecule has 2 aromatic heterocycles. The van der Waals surface area contributed by atoms with Crippen LogP contribution in [0.4, 0.5) is 5.69 Å². The molecule has 7 heteroatoms. The van der Waals surface area contributed by atoms with Gasteiger partial charge in [-0.15, -0.1) is 23.1 Å². The minimum atomic E-state index is -0.0548. The van der Waals surface area contributed by atoms with Crippen molar-refractivity contribution in [1.82, 2.24) is 10.1 Å². The molecule has 1 N–H and O–H groups in total. The molecule has 1 aromatic carbocycles. The summed E-state index contributed by atoms with van der Waals surface area (Å²) in [6, 6.07) is 10.0. The maximum absolute atomic E-state index is 12.5. The maximum Gasteiger partial charge on any atom is 0.270 e. The van der Waals surface area contributed by atoms with Gasteiger partial charge in [-0.1, -0.05) is 31.1 Å². The van der Waals surface area contributed by atoms with Gasteiger partial charge in [0.1, 0.15) is 4.88 Å². The van der Waals surface area contributed by atoms with E-state index in [2.05, 4.69) is 41.4 Å². The van der Waals surface area contributed by atoms with Gasteiger partial charge in [-0.2, -0.15) is 4.98 Å². The number of nitrogens with one attached hydrogen (secondary N) is 1. The molecule has 0 spiro atoms. The zero-order valence-electron chi connectivity index (χ0n) is 15.3. The molecule has 1 aliphatic rings. The normalized spacial score (nSPS) is 13.9. The van der Waals surface area contributed by atoms with Gasteiger partial charge in [-0.25, -0.2) is 0 Å². The first-order chi connectivity index (χ1) is 13.1. The van der Waals surface area contributed by atoms with Crippen LogP contribution in [0.1, 0.15) is 44.0 Å². The van der Waals surface area contributed by atoms with E-state index in [1.165, 1.54) is 16.2 Å². The number of benzene rings is 1. The minimum absolute atomic E-state index is 0.0548. The van der Waals surface area contributed by atoms with E-state index < -0.39 is 0 Å². The van der Waals surface area contributed by atoms with Crippen molar-refractivity contribution in [3.63, 3.8) is 0 Å². The second kappa shape index (κ2) is 7.86. The molecule has 0 radical (unpaired) electrons. The number of rotatable bonds is 7. The summed E-state index contributed by atoms with van der Waals surface area (Å²) >= 11 is 3.31. The molecule has 1 saturated carbocycles. The largest absolute Gasteiger partial charge is 0.333 e. The highest BCUT2D eigenvalue weighted by Crippen LogP contribution is 2.40. The van der Waals surface area contributed by atoms with Gasteiger partial charge < -0.3 is 9.84 Å². The molecule has 3 aromatic rings. The van der Waals surface area contributed by atoms with Crippen molar-refractivity contribution in [3.8, 4) is 10.8 Å². The Bertz CT molecular complexity index is 927. The first kappa shape index (κ1) is 18.3. The smallest absolute Gasteiger partial charge is 0.270 e. The lowest BCUT2D eigenvalue weighted by atomic mass is 10.1. The third-order valence-corrected chi connectivity index (χ3v) is 6.10. The maximum atomic E-state index is 12.5. The molecule has 1 fully saturated rings. The molecular weight excluding hydrogens is 378 g/mol. The van der Waals surface area contributed by atoms with E-state index in [1.807, 2.05) is 35.3 Å². The number of nitrogens with zero attached hydrogens (tertiary/aromatic N) is 2. The van der Waals surface area contributed by atoms with E-state index >= 15 is 0 Å². The highest BCUT2D eigenvalue weighted by Gasteiger charge is 2.29. The summed E-state index contributed by atoms with van der Waals surface area (Å²) in [5.74, 6) is 1.64. The Hall–Kier alpha value is -2.12. The van der Waals surface area contributed by atoms with Crippen molar-refractivity contribution < 1.29 is 9.32 Å². The zero-order valence-corrected chi connectivity index (χ0v) is 16.9. The Morgan fingerprint density at radius 1 is 1.30 bits per heavy atom. The second-order valence-electron chi connectivity index (χ2n) is 6.93. The average molecular weight is 400 g/mol. The topological polar surface area (TPSA) is 68.0 Å². The van der Waals surface area contributed by atoms with Crippen LogP contribution in [0.25, 0.3) is 10.8 Å². The highest BCUT2D eigenvalue weighted by atomic mass is 32.2. The summed E-state index contributed by atoms with van der Waals surface area (Å²) in [6.07, 6.45) is 2.59. The quantitative estimate of drug-likeness (QED) is 0.542. The number of thiophene rings is 1. The highest BCUT2D eigenvalue weighted by molar-refractivity contribution is 7.99. The average Bonchev–Trinajstić information content (AvgIpc) is 3.18. The molecule has 0 saturated heterocycles. The van der Waals surface area contributed by atoms with Crippen LogP contribution in [-0.4, -0.2) is 21.3 Å². The van der Waals surface area contributed by atoms with E-state index in [1.54, 1.807) is 0 Å². The molecule has 1 aliphatic carbocycles. The van der Waals surface area contributed by atoms with Crippen LogP contribution >= 0.6 is 23.1 Å². The monoisotopic (exact) mass is 399 g/mol. The Morgan fingerprint density at radius 2 is 2.07 bits per heavy atom. The SMILES string of the molecule is CC(C)Sc1ccc(CC(=O)Nc2ccsc2-c2nc(C3CC3)no2)cc1. The van der Waals surface area contributed by atoms with Crippen LogP contribution in [0.3, 0.4) is 0 Å². The zero-order chi connectivity index (χ0) is 18.8. The Balaban J connectivity index is 1.40. The first-order valence-corrected chi connectivity index (χ1v) is 10.8. The van der Waals surface area contributed by atoms with Gasteiger partial charge >= 0.3 is 0 Å². The van der Waals surface area contributed by atoms with Crippen LogP contribution in [0.5, 0.6) is 0 Å². The lowest BCUT2D eigenvalue weighted by Gasteiger charge is -2.07. The molecular formula is C20H21N3O2S2. The van der Waals surface area contributed by atoms with Gasteiger partial charge in [0.15, 0.2) is 5.82 Å². The Kier molecular flexibility index (Phi) is 5.31. The number of hydrogen-bond donors (Lipinski definition) is 1. The van der Waals surface area contributed by atoms with Crippen LogP contribution in [0.15, 0.2) is 45.1 Å². The summed E-state index contributed by atoms with van der Waals surface area (Å²) in [4.78, 5) is 19.0. The summed E-state index contributed by atoms with van der Waals surface area (Å²) in [5, 5.41) is 9.50. The fourth-order valence-corrected chi connectivity index (χ4v) is 4.35. The van der Waals surface area contributed by atoms with Crippen LogP contribution in [0, 0.1) is 0 Å². The molecule has 2 heterocycles. The molecule has 27 heavy (non-hydrogen) atoms. The van der Waals surface area contributed by atoms with Gasteiger partial charge in [0.25, 0.3) is 5.89 Å². The second-order valence-corrected chi connectivity index (χ2v) is 9.50. The van der Waals surface area contributed by atoms with Gasteiger partial charge in [-0.3, -0.25) is 4.79 Å². The lowest BCUT2D eigenvalue weighted by Crippen LogP contribution is -2.14. The Morgan fingerprint density at radius 3 is 2.78 bits per heavy atom. The summed E-state index contributed by atoms with van der Waals surface area (Å²) in [6.45, 7) is 4.34. The number of amides is 1. The fourth-order valence-electron chi connectivity index (χ4n) is 2.75. The van der Waals surface area contributed by atoms with E-state index in [0.29, 0.717) is 23.5 Å². The number of aromatic nitrogens is 2. The third-order valence-electron chi connectivity index (χ3n) is 4.18. The van der Waals surface area contributed by atoms with Crippen molar-refractivity contribution in [3.05, 3.63) is 47.1 Å². The minimum Gasteiger partial charge on any atom is -0.333 e.